The summed E-state index contributed by atoms with van der Waals surface area (Å²) in [7, 11) is 1.60. The first-order valence-electron chi connectivity index (χ1n) is 8.51. The Morgan fingerprint density at radius 3 is 2.28 bits per heavy atom. The maximum absolute atomic E-state index is 13.2. The molecule has 0 radical (unpaired) electrons. The third-order valence-electron chi connectivity index (χ3n) is 4.21. The average molecular weight is 341 g/mol. The zero-order valence-corrected chi connectivity index (χ0v) is 15.8. The number of hydrogen-bond donors (Lipinski definition) is 1. The SMILES string of the molecule is COc1cc(-c2ccccc2C(=O)N(C(C)C)C(C)C)c(N)nc1C. The summed E-state index contributed by atoms with van der Waals surface area (Å²) >= 11 is 0. The van der Waals surface area contributed by atoms with Crippen LogP contribution in [-0.4, -0.2) is 35.0 Å². The van der Waals surface area contributed by atoms with Crippen LogP contribution in [0.2, 0.25) is 0 Å². The average Bonchev–Trinajstić information content (AvgIpc) is 2.54. The number of carbonyl (C=O) groups is 1. The summed E-state index contributed by atoms with van der Waals surface area (Å²) in [6, 6.07) is 9.54. The smallest absolute Gasteiger partial charge is 0.254 e. The molecule has 0 unspecified atom stereocenters. The molecule has 0 atom stereocenters. The van der Waals surface area contributed by atoms with E-state index in [1.807, 2.05) is 69.9 Å². The monoisotopic (exact) mass is 341 g/mol. The molecule has 1 aromatic heterocycles. The summed E-state index contributed by atoms with van der Waals surface area (Å²) < 4.78 is 5.37. The highest BCUT2D eigenvalue weighted by atomic mass is 16.5. The van der Waals surface area contributed by atoms with Crippen LogP contribution in [0.3, 0.4) is 0 Å². The van der Waals surface area contributed by atoms with Crippen molar-refractivity contribution >= 4 is 11.7 Å². The van der Waals surface area contributed by atoms with Crippen LogP contribution in [0.1, 0.15) is 43.7 Å². The molecule has 0 saturated heterocycles. The summed E-state index contributed by atoms with van der Waals surface area (Å²) in [5.41, 5.74) is 8.96. The van der Waals surface area contributed by atoms with Crippen molar-refractivity contribution in [2.75, 3.05) is 12.8 Å². The Bertz CT molecular complexity index is 762. The largest absolute Gasteiger partial charge is 0.495 e. The quantitative estimate of drug-likeness (QED) is 0.895. The number of hydrogen-bond acceptors (Lipinski definition) is 4. The van der Waals surface area contributed by atoms with Crippen LogP contribution in [0.4, 0.5) is 5.82 Å². The van der Waals surface area contributed by atoms with Crippen LogP contribution < -0.4 is 10.5 Å². The highest BCUT2D eigenvalue weighted by Gasteiger charge is 2.25. The molecule has 134 valence electrons. The van der Waals surface area contributed by atoms with Crippen LogP contribution in [0.5, 0.6) is 5.75 Å². The lowest BCUT2D eigenvalue weighted by atomic mass is 9.98. The van der Waals surface area contributed by atoms with E-state index in [0.29, 0.717) is 22.7 Å². The van der Waals surface area contributed by atoms with Crippen molar-refractivity contribution in [3.05, 3.63) is 41.6 Å². The van der Waals surface area contributed by atoms with Gasteiger partial charge in [-0.3, -0.25) is 4.79 Å². The van der Waals surface area contributed by atoms with Crippen molar-refractivity contribution in [3.63, 3.8) is 0 Å². The fourth-order valence-electron chi connectivity index (χ4n) is 3.14. The highest BCUT2D eigenvalue weighted by Crippen LogP contribution is 2.33. The number of nitrogen functional groups attached to an aromatic ring is 1. The molecular formula is C20H27N3O2. The molecule has 0 spiro atoms. The number of ether oxygens (including phenoxy) is 1. The fraction of sp³-hybridized carbons (Fsp3) is 0.400. The fourth-order valence-corrected chi connectivity index (χ4v) is 3.14. The molecule has 1 amide bonds. The summed E-state index contributed by atoms with van der Waals surface area (Å²) in [4.78, 5) is 19.4. The molecule has 1 aromatic carbocycles. The van der Waals surface area contributed by atoms with Crippen molar-refractivity contribution < 1.29 is 9.53 Å². The summed E-state index contributed by atoms with van der Waals surface area (Å²) in [6.45, 7) is 9.92. The third kappa shape index (κ3) is 3.76. The van der Waals surface area contributed by atoms with Crippen molar-refractivity contribution in [3.8, 4) is 16.9 Å². The van der Waals surface area contributed by atoms with E-state index >= 15 is 0 Å². The van der Waals surface area contributed by atoms with Crippen LogP contribution in [-0.2, 0) is 0 Å². The number of nitrogens with two attached hydrogens (primary N) is 1. The molecule has 2 rings (SSSR count). The second-order valence-corrected chi connectivity index (χ2v) is 6.65. The van der Waals surface area contributed by atoms with Gasteiger partial charge in [0.1, 0.15) is 11.6 Å². The predicted molar refractivity (Wildman–Crippen MR) is 102 cm³/mol. The van der Waals surface area contributed by atoms with Crippen molar-refractivity contribution in [1.29, 1.82) is 0 Å². The van der Waals surface area contributed by atoms with Gasteiger partial charge in [-0.1, -0.05) is 18.2 Å². The molecule has 0 bridgehead atoms. The van der Waals surface area contributed by atoms with Gasteiger partial charge in [0.05, 0.1) is 12.8 Å². The molecule has 0 aliphatic rings. The lowest BCUT2D eigenvalue weighted by Crippen LogP contribution is -2.42. The van der Waals surface area contributed by atoms with Gasteiger partial charge in [-0.15, -0.1) is 0 Å². The van der Waals surface area contributed by atoms with Crippen LogP contribution >= 0.6 is 0 Å². The molecule has 5 nitrogen and oxygen atoms in total. The number of aromatic nitrogens is 1. The number of rotatable bonds is 5. The Morgan fingerprint density at radius 2 is 1.72 bits per heavy atom. The highest BCUT2D eigenvalue weighted by molar-refractivity contribution is 6.02. The first kappa shape index (κ1) is 18.8. The van der Waals surface area contributed by atoms with Gasteiger partial charge in [0.2, 0.25) is 0 Å². The second kappa shape index (κ2) is 7.55. The van der Waals surface area contributed by atoms with Gasteiger partial charge in [0.25, 0.3) is 5.91 Å². The summed E-state index contributed by atoms with van der Waals surface area (Å²) in [5.74, 6) is 1.02. The predicted octanol–water partition coefficient (Wildman–Crippen LogP) is 3.91. The maximum Gasteiger partial charge on any atom is 0.254 e. The molecule has 1 heterocycles. The Labute approximate surface area is 149 Å². The first-order chi connectivity index (χ1) is 11.8. The molecule has 0 aliphatic heterocycles. The standard InChI is InChI=1S/C20H27N3O2/c1-12(2)23(13(3)4)20(24)16-10-8-7-9-15(16)17-11-18(25-6)14(5)22-19(17)21/h7-13H,1-6H3,(H2,21,22). The lowest BCUT2D eigenvalue weighted by molar-refractivity contribution is 0.0644. The van der Waals surface area contributed by atoms with Crippen molar-refractivity contribution in [1.82, 2.24) is 9.88 Å². The Hall–Kier alpha value is -2.56. The van der Waals surface area contributed by atoms with Crippen LogP contribution in [0.15, 0.2) is 30.3 Å². The number of benzene rings is 1. The van der Waals surface area contributed by atoms with Crippen molar-refractivity contribution in [2.24, 2.45) is 0 Å². The van der Waals surface area contributed by atoms with Gasteiger partial charge in [0.15, 0.2) is 0 Å². The van der Waals surface area contributed by atoms with Crippen molar-refractivity contribution in [2.45, 2.75) is 46.7 Å². The third-order valence-corrected chi connectivity index (χ3v) is 4.21. The Kier molecular flexibility index (Phi) is 5.67. The molecule has 25 heavy (non-hydrogen) atoms. The number of nitrogens with zero attached hydrogens (tertiary/aromatic N) is 2. The minimum atomic E-state index is -0.0143. The van der Waals surface area contributed by atoms with E-state index in [1.165, 1.54) is 0 Å². The number of amides is 1. The van der Waals surface area contributed by atoms with Gasteiger partial charge >= 0.3 is 0 Å². The number of carbonyl (C=O) groups excluding carboxylic acids is 1. The molecule has 2 N–H and O–H groups in total. The minimum absolute atomic E-state index is 0.0143. The van der Waals surface area contributed by atoms with E-state index in [-0.39, 0.29) is 18.0 Å². The zero-order valence-electron chi connectivity index (χ0n) is 15.8. The number of pyridine rings is 1. The van der Waals surface area contributed by atoms with Gasteiger partial charge in [-0.05, 0) is 52.3 Å². The molecule has 0 aliphatic carbocycles. The molecule has 5 heteroatoms. The van der Waals surface area contributed by atoms with E-state index in [2.05, 4.69) is 4.98 Å². The maximum atomic E-state index is 13.2. The zero-order chi connectivity index (χ0) is 18.7. The minimum Gasteiger partial charge on any atom is -0.495 e. The normalized spacial score (nSPS) is 11.0. The first-order valence-corrected chi connectivity index (χ1v) is 8.51. The Balaban J connectivity index is 2.62. The van der Waals surface area contributed by atoms with E-state index in [4.69, 9.17) is 10.5 Å². The van der Waals surface area contributed by atoms with Gasteiger partial charge in [-0.25, -0.2) is 4.98 Å². The molecule has 2 aromatic rings. The lowest BCUT2D eigenvalue weighted by Gasteiger charge is -2.31. The van der Waals surface area contributed by atoms with Gasteiger partial charge < -0.3 is 15.4 Å². The number of anilines is 1. The Morgan fingerprint density at radius 1 is 1.12 bits per heavy atom. The van der Waals surface area contributed by atoms with Gasteiger partial charge in [-0.2, -0.15) is 0 Å². The van der Waals surface area contributed by atoms with E-state index in [9.17, 15) is 4.79 Å². The molecule has 0 saturated carbocycles. The van der Waals surface area contributed by atoms with Crippen LogP contribution in [0, 0.1) is 6.92 Å². The van der Waals surface area contributed by atoms with E-state index in [0.717, 1.165) is 11.3 Å². The molecular weight excluding hydrogens is 314 g/mol. The topological polar surface area (TPSA) is 68.5 Å². The van der Waals surface area contributed by atoms with Crippen LogP contribution in [0.25, 0.3) is 11.1 Å². The summed E-state index contributed by atoms with van der Waals surface area (Å²) in [6.07, 6.45) is 0. The summed E-state index contributed by atoms with van der Waals surface area (Å²) in [5, 5.41) is 0. The van der Waals surface area contributed by atoms with Gasteiger partial charge in [0, 0.05) is 23.2 Å². The van der Waals surface area contributed by atoms with E-state index < -0.39 is 0 Å². The number of aryl methyl sites for hydroxylation is 1. The number of methoxy groups -OCH3 is 1. The molecule has 0 fully saturated rings. The second-order valence-electron chi connectivity index (χ2n) is 6.65. The van der Waals surface area contributed by atoms with E-state index in [1.54, 1.807) is 7.11 Å².